The largest absolute Gasteiger partial charge is 0.489 e. The Bertz CT molecular complexity index is 1660. The highest BCUT2D eigenvalue weighted by Gasteiger charge is 2.38. The normalized spacial score (nSPS) is 13.9. The highest BCUT2D eigenvalue weighted by molar-refractivity contribution is 7.92. The van der Waals surface area contributed by atoms with Crippen LogP contribution in [0.25, 0.3) is 0 Å². The van der Waals surface area contributed by atoms with Crippen molar-refractivity contribution in [2.45, 2.75) is 81.1 Å². The molecule has 0 aliphatic heterocycles. The van der Waals surface area contributed by atoms with Crippen molar-refractivity contribution >= 4 is 48.2 Å². The van der Waals surface area contributed by atoms with E-state index in [2.05, 4.69) is 25.0 Å². The van der Waals surface area contributed by atoms with Crippen LogP contribution in [0.2, 0.25) is 25.7 Å². The predicted molar refractivity (Wildman–Crippen MR) is 186 cm³/mol. The third-order valence-electron chi connectivity index (χ3n) is 8.00. The van der Waals surface area contributed by atoms with Gasteiger partial charge >= 0.3 is 13.2 Å². The van der Waals surface area contributed by atoms with Crippen LogP contribution in [0.5, 0.6) is 5.75 Å². The van der Waals surface area contributed by atoms with Crippen molar-refractivity contribution in [1.29, 1.82) is 0 Å². The molecule has 1 saturated carbocycles. The first-order valence-electron chi connectivity index (χ1n) is 15.9. The van der Waals surface area contributed by atoms with Gasteiger partial charge in [0.25, 0.3) is 0 Å². The van der Waals surface area contributed by atoms with Gasteiger partial charge in [-0.15, -0.1) is 0 Å². The lowest BCUT2D eigenvalue weighted by Gasteiger charge is -2.21. The third kappa shape index (κ3) is 10.4. The van der Waals surface area contributed by atoms with Crippen molar-refractivity contribution in [2.75, 3.05) is 19.0 Å². The number of anilines is 1. The molecule has 0 radical (unpaired) electrons. The zero-order chi connectivity index (χ0) is 34.4. The van der Waals surface area contributed by atoms with Crippen molar-refractivity contribution in [3.8, 4) is 5.75 Å². The molecule has 13 heteroatoms. The van der Waals surface area contributed by atoms with E-state index in [0.717, 1.165) is 11.6 Å². The molecule has 1 fully saturated rings. The van der Waals surface area contributed by atoms with E-state index in [4.69, 9.17) is 9.47 Å². The summed E-state index contributed by atoms with van der Waals surface area (Å²) in [6.07, 6.45) is 0.686. The van der Waals surface area contributed by atoms with Gasteiger partial charge in [-0.3, -0.25) is 4.79 Å². The molecule has 47 heavy (non-hydrogen) atoms. The zero-order valence-electron chi connectivity index (χ0n) is 27.7. The molecule has 0 spiro atoms. The molecule has 3 aromatic rings. The fraction of sp³-hybridized carbons (Fsp3) is 0.412. The Morgan fingerprint density at radius 1 is 1.04 bits per heavy atom. The predicted octanol–water partition coefficient (Wildman–Crippen LogP) is 4.92. The van der Waals surface area contributed by atoms with Crippen molar-refractivity contribution in [3.05, 3.63) is 83.4 Å². The summed E-state index contributed by atoms with van der Waals surface area (Å²) in [6, 6.07) is 19.9. The van der Waals surface area contributed by atoms with Crippen molar-refractivity contribution < 1.29 is 37.5 Å². The number of nitrogens with one attached hydrogen (secondary N) is 1. The van der Waals surface area contributed by atoms with E-state index in [-0.39, 0.29) is 35.1 Å². The van der Waals surface area contributed by atoms with Crippen LogP contribution < -0.4 is 15.5 Å². The van der Waals surface area contributed by atoms with Crippen LogP contribution in [0.1, 0.15) is 48.8 Å². The highest BCUT2D eigenvalue weighted by atomic mass is 32.2. The van der Waals surface area contributed by atoms with Gasteiger partial charge in [0.1, 0.15) is 12.4 Å². The Balaban J connectivity index is 1.50. The van der Waals surface area contributed by atoms with E-state index < -0.39 is 36.4 Å². The molecule has 4 rings (SSSR count). The number of carbonyl (C=O) groups excluding carboxylic acids is 2. The van der Waals surface area contributed by atoms with Gasteiger partial charge in [0.15, 0.2) is 9.84 Å². The molecule has 0 saturated heterocycles. The van der Waals surface area contributed by atoms with Crippen LogP contribution >= 0.6 is 0 Å². The van der Waals surface area contributed by atoms with Gasteiger partial charge in [0, 0.05) is 27.2 Å². The van der Waals surface area contributed by atoms with Gasteiger partial charge in [-0.1, -0.05) is 69.0 Å². The summed E-state index contributed by atoms with van der Waals surface area (Å²) in [5.41, 5.74) is 2.67. The van der Waals surface area contributed by atoms with Crippen LogP contribution in [-0.4, -0.2) is 69.5 Å². The summed E-state index contributed by atoms with van der Waals surface area (Å²) in [7, 11) is -5.11. The first kappa shape index (κ1) is 36.2. The number of hydrogen-bond donors (Lipinski definition) is 3. The monoisotopic (exact) mass is 680 g/mol. The minimum absolute atomic E-state index is 0.00837. The molecule has 0 bridgehead atoms. The molecule has 10 nitrogen and oxygen atoms in total. The van der Waals surface area contributed by atoms with Gasteiger partial charge in [0.05, 0.1) is 23.3 Å². The molecule has 2 amide bonds. The average molecular weight is 681 g/mol. The molecule has 252 valence electrons. The van der Waals surface area contributed by atoms with Crippen molar-refractivity contribution in [2.24, 2.45) is 0 Å². The summed E-state index contributed by atoms with van der Waals surface area (Å²) in [4.78, 5) is 27.5. The Morgan fingerprint density at radius 2 is 1.74 bits per heavy atom. The van der Waals surface area contributed by atoms with E-state index in [1.807, 2.05) is 37.3 Å². The lowest BCUT2D eigenvalue weighted by molar-refractivity contribution is -0.116. The van der Waals surface area contributed by atoms with Gasteiger partial charge in [-0.2, -0.15) is 0 Å². The fourth-order valence-corrected chi connectivity index (χ4v) is 7.65. The number of amides is 2. The molecule has 1 aliphatic carbocycles. The number of hydrogen-bond acceptors (Lipinski definition) is 8. The molecular weight excluding hydrogens is 635 g/mol. The van der Waals surface area contributed by atoms with Crippen molar-refractivity contribution in [1.82, 2.24) is 4.90 Å². The third-order valence-corrected chi connectivity index (χ3v) is 12.1. The maximum absolute atomic E-state index is 13.3. The van der Waals surface area contributed by atoms with E-state index >= 15 is 0 Å². The van der Waals surface area contributed by atoms with Crippen LogP contribution in [0, 0.1) is 0 Å². The summed E-state index contributed by atoms with van der Waals surface area (Å²) in [5, 5.41) is 22.0. The van der Waals surface area contributed by atoms with Gasteiger partial charge in [0.2, 0.25) is 5.91 Å². The van der Waals surface area contributed by atoms with Crippen LogP contribution in [-0.2, 0) is 32.5 Å². The maximum Gasteiger partial charge on any atom is 0.488 e. The Hall–Kier alpha value is -3.65. The summed E-state index contributed by atoms with van der Waals surface area (Å²) >= 11 is 0. The molecule has 1 aliphatic rings. The lowest BCUT2D eigenvalue weighted by Crippen LogP contribution is -2.30. The average Bonchev–Trinajstić information content (AvgIpc) is 3.86. The standard InChI is InChI=1S/C34H45BN2O8SSi/c1-24(30-21-27(35(40)41)11-15-31(30)45-23-25-9-7-6-8-10-25)19-33(38)36-28-12-16-32(46(42,43)29-13-14-29)26(20-28)22-37(2)34(39)44-17-18-47(3,4)5/h6-12,15-16,20-21,24,29,40-41H,13-14,17-19,22-23H2,1-5H3,(H,36,38)/t24-/m0/s1. The molecule has 3 N–H and O–H groups in total. The SMILES string of the molecule is C[C@@H](CC(=O)Nc1ccc(S(=O)(=O)C2CC2)c(CN(C)C(=O)OCC[Si](C)(C)C)c1)c1cc(B(O)O)ccc1OCc1ccccc1. The number of benzene rings is 3. The van der Waals surface area contributed by atoms with E-state index in [9.17, 15) is 28.1 Å². The Morgan fingerprint density at radius 3 is 2.38 bits per heavy atom. The second kappa shape index (κ2) is 15.5. The quantitative estimate of drug-likeness (QED) is 0.192. The minimum atomic E-state index is -3.59. The summed E-state index contributed by atoms with van der Waals surface area (Å²) < 4.78 is 38.1. The van der Waals surface area contributed by atoms with Crippen LogP contribution in [0.4, 0.5) is 10.5 Å². The second-order valence-corrected chi connectivity index (χ2v) is 21.3. The summed E-state index contributed by atoms with van der Waals surface area (Å²) in [6.45, 7) is 9.01. The fourth-order valence-electron chi connectivity index (χ4n) is 5.07. The zero-order valence-corrected chi connectivity index (χ0v) is 29.5. The number of rotatable bonds is 15. The number of sulfone groups is 1. The molecule has 0 heterocycles. The molecule has 3 aromatic carbocycles. The Labute approximate surface area is 279 Å². The number of ether oxygens (including phenoxy) is 2. The first-order chi connectivity index (χ1) is 22.1. The smallest absolute Gasteiger partial charge is 0.488 e. The number of carbonyl (C=O) groups is 2. The van der Waals surface area contributed by atoms with Gasteiger partial charge < -0.3 is 29.7 Å². The number of nitrogens with zero attached hydrogens (tertiary/aromatic N) is 1. The maximum atomic E-state index is 13.3. The highest BCUT2D eigenvalue weighted by Crippen LogP contribution is 2.36. The molecule has 0 unspecified atom stereocenters. The van der Waals surface area contributed by atoms with E-state index in [0.29, 0.717) is 48.6 Å². The van der Waals surface area contributed by atoms with Gasteiger partial charge in [-0.25, -0.2) is 13.2 Å². The van der Waals surface area contributed by atoms with Crippen LogP contribution in [0.3, 0.4) is 0 Å². The minimum Gasteiger partial charge on any atom is -0.489 e. The van der Waals surface area contributed by atoms with Crippen LogP contribution in [0.15, 0.2) is 71.6 Å². The summed E-state index contributed by atoms with van der Waals surface area (Å²) in [5.74, 6) is -0.176. The van der Waals surface area contributed by atoms with E-state index in [1.165, 1.54) is 11.0 Å². The van der Waals surface area contributed by atoms with Gasteiger partial charge in [-0.05, 0) is 71.2 Å². The topological polar surface area (TPSA) is 142 Å². The Kier molecular flexibility index (Phi) is 11.9. The van der Waals surface area contributed by atoms with E-state index in [1.54, 1.807) is 37.4 Å². The molecule has 1 atom stereocenters. The molecule has 0 aromatic heterocycles. The first-order valence-corrected chi connectivity index (χ1v) is 21.1. The van der Waals surface area contributed by atoms with Crippen molar-refractivity contribution in [3.63, 3.8) is 0 Å². The lowest BCUT2D eigenvalue weighted by atomic mass is 9.78. The second-order valence-electron chi connectivity index (χ2n) is 13.4. The molecular formula is C34H45BN2O8SSi.